The molecule has 0 bridgehead atoms. The summed E-state index contributed by atoms with van der Waals surface area (Å²) in [6.07, 6.45) is 1.19. The van der Waals surface area contributed by atoms with Crippen molar-refractivity contribution in [2.24, 2.45) is 0 Å². The molecule has 1 aromatic carbocycles. The predicted octanol–water partition coefficient (Wildman–Crippen LogP) is 2.23. The van der Waals surface area contributed by atoms with Crippen LogP contribution in [0.3, 0.4) is 0 Å². The van der Waals surface area contributed by atoms with E-state index < -0.39 is 0 Å². The summed E-state index contributed by atoms with van der Waals surface area (Å²) in [7, 11) is 0. The minimum absolute atomic E-state index is 0.574. The Morgan fingerprint density at radius 3 is 2.76 bits per heavy atom. The molecule has 5 nitrogen and oxygen atoms in total. The van der Waals surface area contributed by atoms with Gasteiger partial charge in [0.25, 0.3) is 0 Å². The van der Waals surface area contributed by atoms with Crippen LogP contribution in [0.25, 0.3) is 11.5 Å². The van der Waals surface area contributed by atoms with E-state index in [1.165, 1.54) is 12.0 Å². The molecule has 112 valence electrons. The lowest BCUT2D eigenvalue weighted by molar-refractivity contribution is 0.191. The molecular weight excluding hydrogens is 264 g/mol. The van der Waals surface area contributed by atoms with Gasteiger partial charge in [-0.25, -0.2) is 0 Å². The Kier molecular flexibility index (Phi) is 4.31. The number of benzene rings is 1. The fourth-order valence-electron chi connectivity index (χ4n) is 2.75. The number of aromatic nitrogens is 2. The molecule has 5 heteroatoms. The van der Waals surface area contributed by atoms with Gasteiger partial charge in [-0.1, -0.05) is 24.6 Å². The van der Waals surface area contributed by atoms with Crippen LogP contribution in [-0.4, -0.2) is 40.8 Å². The van der Waals surface area contributed by atoms with Gasteiger partial charge in [0.15, 0.2) is 0 Å². The van der Waals surface area contributed by atoms with E-state index >= 15 is 0 Å². The zero-order valence-electron chi connectivity index (χ0n) is 12.7. The molecule has 3 rings (SSSR count). The minimum atomic E-state index is 0.574. The molecule has 1 N–H and O–H groups in total. The third-order valence-electron chi connectivity index (χ3n) is 4.06. The Hall–Kier alpha value is -1.72. The zero-order chi connectivity index (χ0) is 14.7. The van der Waals surface area contributed by atoms with Crippen LogP contribution in [0.5, 0.6) is 0 Å². The van der Waals surface area contributed by atoms with Gasteiger partial charge in [-0.2, -0.15) is 0 Å². The highest BCUT2D eigenvalue weighted by Crippen LogP contribution is 2.19. The fraction of sp³-hybridized carbons (Fsp3) is 0.500. The lowest BCUT2D eigenvalue weighted by Crippen LogP contribution is -2.36. The lowest BCUT2D eigenvalue weighted by atomic mass is 10.1. The second-order valence-corrected chi connectivity index (χ2v) is 5.58. The van der Waals surface area contributed by atoms with E-state index in [2.05, 4.69) is 46.4 Å². The first-order valence-corrected chi connectivity index (χ1v) is 7.60. The van der Waals surface area contributed by atoms with Crippen LogP contribution in [0.1, 0.15) is 24.8 Å². The maximum Gasteiger partial charge on any atom is 0.247 e. The number of aryl methyl sites for hydroxylation is 1. The summed E-state index contributed by atoms with van der Waals surface area (Å²) in [6, 6.07) is 8.73. The third-order valence-corrected chi connectivity index (χ3v) is 4.06. The maximum absolute atomic E-state index is 5.82. The van der Waals surface area contributed by atoms with Crippen LogP contribution in [-0.2, 0) is 6.54 Å². The summed E-state index contributed by atoms with van der Waals surface area (Å²) >= 11 is 0. The zero-order valence-corrected chi connectivity index (χ0v) is 12.7. The van der Waals surface area contributed by atoms with E-state index in [-0.39, 0.29) is 0 Å². The number of nitrogens with one attached hydrogen (secondary N) is 1. The molecule has 1 saturated heterocycles. The van der Waals surface area contributed by atoms with Crippen molar-refractivity contribution in [3.05, 3.63) is 35.7 Å². The number of nitrogens with zero attached hydrogens (tertiary/aromatic N) is 3. The van der Waals surface area contributed by atoms with Gasteiger partial charge in [-0.3, -0.25) is 4.90 Å². The SMILES string of the molecule is CCN(Cc1nnc(-c2ccc(C)cc2)o1)C1CCNC1. The second-order valence-electron chi connectivity index (χ2n) is 5.58. The minimum Gasteiger partial charge on any atom is -0.419 e. The summed E-state index contributed by atoms with van der Waals surface area (Å²) in [5.74, 6) is 1.30. The van der Waals surface area contributed by atoms with Gasteiger partial charge in [0.2, 0.25) is 11.8 Å². The van der Waals surface area contributed by atoms with Gasteiger partial charge in [-0.15, -0.1) is 10.2 Å². The monoisotopic (exact) mass is 286 g/mol. The Balaban J connectivity index is 1.70. The molecular formula is C16H22N4O. The van der Waals surface area contributed by atoms with Gasteiger partial charge in [-0.05, 0) is 38.6 Å². The molecule has 21 heavy (non-hydrogen) atoms. The molecule has 0 saturated carbocycles. The second kappa shape index (κ2) is 6.37. The molecule has 0 amide bonds. The van der Waals surface area contributed by atoms with Crippen molar-refractivity contribution in [2.75, 3.05) is 19.6 Å². The first-order valence-electron chi connectivity index (χ1n) is 7.60. The quantitative estimate of drug-likeness (QED) is 0.913. The normalized spacial score (nSPS) is 18.5. The number of hydrogen-bond acceptors (Lipinski definition) is 5. The number of rotatable bonds is 5. The molecule has 1 aliphatic heterocycles. The first kappa shape index (κ1) is 14.2. The summed E-state index contributed by atoms with van der Waals surface area (Å²) in [5, 5.41) is 11.8. The van der Waals surface area contributed by atoms with Gasteiger partial charge < -0.3 is 9.73 Å². The molecule has 1 unspecified atom stereocenters. The fourth-order valence-corrected chi connectivity index (χ4v) is 2.75. The van der Waals surface area contributed by atoms with Crippen LogP contribution in [0.15, 0.2) is 28.7 Å². The Morgan fingerprint density at radius 1 is 1.29 bits per heavy atom. The standard InChI is InChI=1S/C16H22N4O/c1-3-20(14-8-9-17-10-14)11-15-18-19-16(21-15)13-6-4-12(2)5-7-13/h4-7,14,17H,3,8-11H2,1-2H3. The first-order chi connectivity index (χ1) is 10.3. The van der Waals surface area contributed by atoms with Crippen molar-refractivity contribution >= 4 is 0 Å². The Bertz CT molecular complexity index is 572. The third kappa shape index (κ3) is 3.31. The van der Waals surface area contributed by atoms with E-state index in [0.29, 0.717) is 17.8 Å². The Morgan fingerprint density at radius 2 is 2.10 bits per heavy atom. The molecule has 1 atom stereocenters. The number of hydrogen-bond donors (Lipinski definition) is 1. The topological polar surface area (TPSA) is 54.2 Å². The average Bonchev–Trinajstić information content (AvgIpc) is 3.17. The predicted molar refractivity (Wildman–Crippen MR) is 81.8 cm³/mol. The van der Waals surface area contributed by atoms with Crippen molar-refractivity contribution in [1.29, 1.82) is 0 Å². The molecule has 1 aromatic heterocycles. The molecule has 1 fully saturated rings. The van der Waals surface area contributed by atoms with E-state index in [1.54, 1.807) is 0 Å². The van der Waals surface area contributed by atoms with E-state index in [4.69, 9.17) is 4.42 Å². The van der Waals surface area contributed by atoms with Gasteiger partial charge in [0.05, 0.1) is 6.54 Å². The molecule has 0 radical (unpaired) electrons. The molecule has 2 aromatic rings. The molecule has 0 aliphatic carbocycles. The Labute approximate surface area is 125 Å². The van der Waals surface area contributed by atoms with E-state index in [1.807, 2.05) is 12.1 Å². The van der Waals surface area contributed by atoms with Crippen molar-refractivity contribution in [1.82, 2.24) is 20.4 Å². The van der Waals surface area contributed by atoms with Crippen LogP contribution in [0.4, 0.5) is 0 Å². The summed E-state index contributed by atoms with van der Waals surface area (Å²) in [5.41, 5.74) is 2.20. The largest absolute Gasteiger partial charge is 0.419 e. The van der Waals surface area contributed by atoms with Gasteiger partial charge in [0, 0.05) is 18.2 Å². The highest BCUT2D eigenvalue weighted by atomic mass is 16.4. The molecule has 1 aliphatic rings. The molecule has 2 heterocycles. The highest BCUT2D eigenvalue weighted by molar-refractivity contribution is 5.52. The van der Waals surface area contributed by atoms with Crippen molar-refractivity contribution in [3.8, 4) is 11.5 Å². The summed E-state index contributed by atoms with van der Waals surface area (Å²) in [6.45, 7) is 8.11. The summed E-state index contributed by atoms with van der Waals surface area (Å²) < 4.78 is 5.82. The molecule has 0 spiro atoms. The highest BCUT2D eigenvalue weighted by Gasteiger charge is 2.22. The maximum atomic E-state index is 5.82. The van der Waals surface area contributed by atoms with Crippen LogP contribution in [0, 0.1) is 6.92 Å². The summed E-state index contributed by atoms with van der Waals surface area (Å²) in [4.78, 5) is 2.40. The van der Waals surface area contributed by atoms with Crippen molar-refractivity contribution in [3.63, 3.8) is 0 Å². The average molecular weight is 286 g/mol. The van der Waals surface area contributed by atoms with Crippen molar-refractivity contribution < 1.29 is 4.42 Å². The smallest absolute Gasteiger partial charge is 0.247 e. The van der Waals surface area contributed by atoms with Crippen LogP contribution < -0.4 is 5.32 Å². The van der Waals surface area contributed by atoms with Crippen LogP contribution >= 0.6 is 0 Å². The van der Waals surface area contributed by atoms with Gasteiger partial charge in [0.1, 0.15) is 0 Å². The van der Waals surface area contributed by atoms with Crippen molar-refractivity contribution in [2.45, 2.75) is 32.9 Å². The van der Waals surface area contributed by atoms with Crippen LogP contribution in [0.2, 0.25) is 0 Å². The van der Waals surface area contributed by atoms with E-state index in [9.17, 15) is 0 Å². The van der Waals surface area contributed by atoms with E-state index in [0.717, 1.165) is 31.7 Å². The lowest BCUT2D eigenvalue weighted by Gasteiger charge is -2.24. The van der Waals surface area contributed by atoms with Gasteiger partial charge >= 0.3 is 0 Å². The number of likely N-dealkylation sites (N-methyl/N-ethyl adjacent to an activating group) is 1.